The molecule has 10 heterocycles. The zero-order valence-corrected chi connectivity index (χ0v) is 94.0. The lowest BCUT2D eigenvalue weighted by Gasteiger charge is -2.26. The third kappa shape index (κ3) is 20.9. The zero-order valence-electron chi connectivity index (χ0n) is 94.0. The lowest BCUT2D eigenvalue weighted by molar-refractivity contribution is 0.568. The van der Waals surface area contributed by atoms with Gasteiger partial charge in [0.05, 0.1) is 45.6 Å². The Morgan fingerprint density at radius 3 is 0.377 bits per heavy atom. The Balaban J connectivity index is 0.845. The van der Waals surface area contributed by atoms with E-state index in [1.165, 1.54) is 66.8 Å². The van der Waals surface area contributed by atoms with Crippen LogP contribution >= 0.6 is 0 Å². The summed E-state index contributed by atoms with van der Waals surface area (Å²) in [7, 11) is 0. The van der Waals surface area contributed by atoms with Crippen molar-refractivity contribution in [2.75, 3.05) is 0 Å². The summed E-state index contributed by atoms with van der Waals surface area (Å²) in [6, 6.07) is 79.1. The minimum atomic E-state index is -0.161. The third-order valence-corrected chi connectivity index (χ3v) is 29.9. The summed E-state index contributed by atoms with van der Waals surface area (Å²) in [5, 5.41) is 0. The average Bonchev–Trinajstić information content (AvgIpc) is 1.59. The van der Waals surface area contributed by atoms with E-state index in [2.05, 4.69) is 536 Å². The summed E-state index contributed by atoms with van der Waals surface area (Å²) < 4.78 is 0. The van der Waals surface area contributed by atoms with Gasteiger partial charge in [0, 0.05) is 99.8 Å². The summed E-state index contributed by atoms with van der Waals surface area (Å²) in [5.74, 6) is 7.32. The molecule has 6 aromatic heterocycles. The number of benzene rings is 8. The Hall–Kier alpha value is -13.5. The largest absolute Gasteiger partial charge is 0.354 e. The molecule has 18 rings (SSSR count). The Kier molecular flexibility index (Phi) is 25.5. The molecule has 4 aliphatic heterocycles. The van der Waals surface area contributed by atoms with E-state index < -0.39 is 0 Å². The van der Waals surface area contributed by atoms with Crippen molar-refractivity contribution in [2.45, 2.75) is 314 Å². The van der Waals surface area contributed by atoms with Crippen LogP contribution in [0.25, 0.3) is 182 Å². The van der Waals surface area contributed by atoms with E-state index in [9.17, 15) is 0 Å². The lowest BCUT2D eigenvalue weighted by atomic mass is 9.78. The molecule has 16 bridgehead atoms. The number of nitrogens with zero attached hydrogens (tertiary/aromatic N) is 4. The van der Waals surface area contributed by atoms with Gasteiger partial charge in [0.15, 0.2) is 0 Å². The Bertz CT molecular complexity index is 7380. The number of aromatic amines is 4. The quantitative estimate of drug-likeness (QED) is 0.113. The summed E-state index contributed by atoms with van der Waals surface area (Å²) in [5.41, 5.74) is 46.3. The fourth-order valence-corrected chi connectivity index (χ4v) is 20.3. The molecule has 4 N–H and O–H groups in total. The van der Waals surface area contributed by atoms with Crippen LogP contribution in [-0.4, -0.2) is 39.9 Å². The molecule has 0 atom stereocenters. The van der Waals surface area contributed by atoms with Crippen molar-refractivity contribution >= 4 is 92.7 Å². The monoisotopic (exact) mass is 1920 g/mol. The van der Waals surface area contributed by atoms with E-state index in [-0.39, 0.29) is 65.0 Å². The summed E-state index contributed by atoms with van der Waals surface area (Å²) in [4.78, 5) is 40.4. The Morgan fingerprint density at radius 2 is 0.260 bits per heavy atom. The predicted octanol–water partition coefficient (Wildman–Crippen LogP) is 37.9. The standard InChI is InChI=1S/C138H154N8/c1-127(2,3)91-63-85(64-92(75-91)128(4,5)6)121-107-51-47-103(139-107)119(104-48-52-108(140-104)122(86-65-93(129(7,8)9)76-94(66-86)130(10,11)12)112-56-60-116(144-112)125(115-59-55-111(121)143-115)89-71-99(135(25,26)27)79-100(72-89)136(28,29)30)83-43-39-81(40-44-83)37-38-82-41-45-84(46-42-82)120-105-49-53-109(141-105)123(87-67-95(131(13,14)15)77-96(68-87)132(16,17)18)113-57-61-117(145-113)126(90-73-101(137(31,32)33)80-102(74-90)138(34,35)36)118-62-58-114(146-118)124(110-54-50-106(120)142-110)88-69-97(133(19,20)21)78-98(70-88)134(22,23)24/h39-80,139,141,144,146H,1-36H3. The minimum absolute atomic E-state index is 0.146. The molecule has 0 saturated heterocycles. The molecule has 14 aromatic rings. The van der Waals surface area contributed by atoms with Crippen LogP contribution in [0, 0.1) is 11.8 Å². The lowest BCUT2D eigenvalue weighted by Crippen LogP contribution is -2.16. The topological polar surface area (TPSA) is 115 Å². The summed E-state index contributed by atoms with van der Waals surface area (Å²) >= 11 is 0. The van der Waals surface area contributed by atoms with Crippen LogP contribution in [0.5, 0.6) is 0 Å². The molecule has 0 saturated carbocycles. The van der Waals surface area contributed by atoms with Crippen molar-refractivity contribution in [3.63, 3.8) is 0 Å². The number of H-pyrrole nitrogens is 4. The number of hydrogen-bond acceptors (Lipinski definition) is 4. The molecule has 4 aliphatic rings. The molecule has 8 heteroatoms. The van der Waals surface area contributed by atoms with E-state index in [0.29, 0.717) is 0 Å². The van der Waals surface area contributed by atoms with Crippen LogP contribution in [0.4, 0.5) is 0 Å². The second kappa shape index (κ2) is 36.3. The molecule has 0 aliphatic carbocycles. The van der Waals surface area contributed by atoms with Gasteiger partial charge in [-0.15, -0.1) is 0 Å². The van der Waals surface area contributed by atoms with Gasteiger partial charge in [-0.25, -0.2) is 19.9 Å². The van der Waals surface area contributed by atoms with Crippen LogP contribution < -0.4 is 0 Å². The van der Waals surface area contributed by atoms with Crippen LogP contribution in [0.1, 0.15) is 373 Å². The van der Waals surface area contributed by atoms with Gasteiger partial charge < -0.3 is 19.9 Å². The molecule has 0 unspecified atom stereocenters. The molecule has 746 valence electrons. The van der Waals surface area contributed by atoms with E-state index in [1.807, 2.05) is 0 Å². The normalized spacial score (nSPS) is 13.6. The Morgan fingerprint density at radius 1 is 0.144 bits per heavy atom. The Labute approximate surface area is 871 Å². The first-order valence-electron chi connectivity index (χ1n) is 52.9. The molecule has 0 amide bonds. The maximum absolute atomic E-state index is 5.95. The van der Waals surface area contributed by atoms with Crippen LogP contribution in [-0.2, 0) is 65.0 Å². The molecule has 146 heavy (non-hydrogen) atoms. The van der Waals surface area contributed by atoms with E-state index >= 15 is 0 Å². The van der Waals surface area contributed by atoms with Gasteiger partial charge in [0.25, 0.3) is 0 Å². The fourth-order valence-electron chi connectivity index (χ4n) is 20.3. The minimum Gasteiger partial charge on any atom is -0.354 e. The van der Waals surface area contributed by atoms with Gasteiger partial charge >= 0.3 is 0 Å². The highest BCUT2D eigenvalue weighted by Gasteiger charge is 2.34. The van der Waals surface area contributed by atoms with Crippen molar-refractivity contribution in [3.05, 3.63) is 330 Å². The van der Waals surface area contributed by atoms with Crippen LogP contribution in [0.15, 0.2) is 206 Å². The maximum Gasteiger partial charge on any atom is 0.0737 e. The number of nitrogens with one attached hydrogen (secondary N) is 4. The highest BCUT2D eigenvalue weighted by atomic mass is 14.8. The number of fused-ring (bicyclic) bond motifs is 16. The van der Waals surface area contributed by atoms with Crippen LogP contribution in [0.2, 0.25) is 0 Å². The van der Waals surface area contributed by atoms with E-state index in [4.69, 9.17) is 19.9 Å². The molecule has 0 fully saturated rings. The molecule has 8 aromatic carbocycles. The SMILES string of the molecule is CC(C)(C)c1cc(-c2c3nc(c(-c4cc(C(C)(C)C)cc(C(C)(C)C)c4)c4ccc([nH]4)c(-c4cc(C(C)(C)C)cc(C(C)(C)C)c4)c4nc(c(-c5ccc(C#Cc6ccc(-c7c8nc(c(-c9cc(C(C)(C)C)cc(C(C)(C)C)c9)c9ccc([nH]9)c(-c9cc(C(C)(C)C)cc(C(C)(C)C)c9)c9nc(c(-c%10cc(C(C)(C)C)cc(C(C)(C)C)c%10)c%10ccc7[nH]%10)C=C9)C=C8)cc6)cc5)c5ccc2[nH]5)C=C4)C=C3)cc(C(C)(C)C)c1. The second-order valence-electron chi connectivity index (χ2n) is 54.2. The van der Waals surface area contributed by atoms with Crippen molar-refractivity contribution in [3.8, 4) is 101 Å². The predicted molar refractivity (Wildman–Crippen MR) is 632 cm³/mol. The molecule has 8 nitrogen and oxygen atoms in total. The third-order valence-electron chi connectivity index (χ3n) is 29.9. The van der Waals surface area contributed by atoms with Crippen molar-refractivity contribution < 1.29 is 0 Å². The summed E-state index contributed by atoms with van der Waals surface area (Å²) in [6.45, 7) is 83.6. The number of hydrogen-bond donors (Lipinski definition) is 4. The van der Waals surface area contributed by atoms with Gasteiger partial charge in [-0.05, 0) is 298 Å². The first-order chi connectivity index (χ1) is 67.8. The first kappa shape index (κ1) is 103. The smallest absolute Gasteiger partial charge is 0.0737 e. The first-order valence-corrected chi connectivity index (χ1v) is 52.9. The molecular weight excluding hydrogens is 1770 g/mol. The van der Waals surface area contributed by atoms with Gasteiger partial charge in [0.2, 0.25) is 0 Å². The highest BCUT2D eigenvalue weighted by Crippen LogP contribution is 2.50. The zero-order chi connectivity index (χ0) is 105. The molecule has 0 spiro atoms. The van der Waals surface area contributed by atoms with Gasteiger partial charge in [-0.3, -0.25) is 0 Å². The van der Waals surface area contributed by atoms with Crippen molar-refractivity contribution in [1.29, 1.82) is 0 Å². The summed E-state index contributed by atoms with van der Waals surface area (Å²) in [6.07, 6.45) is 17.9. The van der Waals surface area contributed by atoms with E-state index in [0.717, 1.165) is 190 Å². The number of aromatic nitrogens is 8. The second-order valence-corrected chi connectivity index (χ2v) is 54.2. The van der Waals surface area contributed by atoms with Gasteiger partial charge in [-0.2, -0.15) is 0 Å². The van der Waals surface area contributed by atoms with Crippen LogP contribution in [0.3, 0.4) is 0 Å². The van der Waals surface area contributed by atoms with Crippen molar-refractivity contribution in [1.82, 2.24) is 39.9 Å². The highest BCUT2D eigenvalue weighted by molar-refractivity contribution is 6.04. The average molecular weight is 1920 g/mol. The van der Waals surface area contributed by atoms with Crippen molar-refractivity contribution in [2.24, 2.45) is 0 Å². The van der Waals surface area contributed by atoms with Gasteiger partial charge in [0.1, 0.15) is 0 Å². The van der Waals surface area contributed by atoms with E-state index in [1.54, 1.807) is 0 Å². The molecular formula is C138H154N8. The molecule has 0 radical (unpaired) electrons. The maximum atomic E-state index is 5.95. The van der Waals surface area contributed by atoms with Gasteiger partial charge in [-0.1, -0.05) is 395 Å². The number of rotatable bonds is 8. The fraction of sp³-hybridized carbons (Fsp3) is 0.348.